The molecule has 0 amide bonds. The van der Waals surface area contributed by atoms with Crippen LogP contribution in [0.3, 0.4) is 0 Å². The van der Waals surface area contributed by atoms with Gasteiger partial charge in [0.2, 0.25) is 5.13 Å². The van der Waals surface area contributed by atoms with Gasteiger partial charge in [-0.05, 0) is 12.1 Å². The summed E-state index contributed by atoms with van der Waals surface area (Å²) in [4.78, 5) is 4.12. The van der Waals surface area contributed by atoms with Crippen molar-refractivity contribution in [2.45, 2.75) is 0 Å². The largest absolute Gasteiger partial charge is 0.383 e. The summed E-state index contributed by atoms with van der Waals surface area (Å²) in [6, 6.07) is 8.11. The molecule has 0 aliphatic heterocycles. The third-order valence-electron chi connectivity index (χ3n) is 2.49. The minimum atomic E-state index is -0.318. The lowest BCUT2D eigenvalue weighted by Crippen LogP contribution is -2.00. The van der Waals surface area contributed by atoms with Crippen LogP contribution in [0.2, 0.25) is 0 Å². The summed E-state index contributed by atoms with van der Waals surface area (Å²) < 4.78 is 15.2. The second-order valence-corrected chi connectivity index (χ2v) is 4.53. The number of anilines is 1. The van der Waals surface area contributed by atoms with Gasteiger partial charge in [0.25, 0.3) is 0 Å². The Labute approximate surface area is 107 Å². The Kier molecular flexibility index (Phi) is 2.56. The number of nitrogen functional groups attached to an aromatic ring is 1. The van der Waals surface area contributed by atoms with E-state index in [0.717, 1.165) is 0 Å². The predicted molar refractivity (Wildman–Crippen MR) is 69.0 cm³/mol. The van der Waals surface area contributed by atoms with Crippen LogP contribution in [0.15, 0.2) is 41.9 Å². The molecule has 0 fully saturated rings. The topological polar surface area (TPSA) is 56.7 Å². The molecule has 1 aromatic carbocycles. The van der Waals surface area contributed by atoms with Gasteiger partial charge in [-0.2, -0.15) is 9.78 Å². The molecule has 3 aromatic rings. The van der Waals surface area contributed by atoms with E-state index in [1.54, 1.807) is 30.5 Å². The minimum absolute atomic E-state index is 0.318. The van der Waals surface area contributed by atoms with Crippen molar-refractivity contribution in [1.82, 2.24) is 14.8 Å². The first-order valence-corrected chi connectivity index (χ1v) is 6.14. The molecule has 0 radical (unpaired) electrons. The summed E-state index contributed by atoms with van der Waals surface area (Å²) in [7, 11) is 0. The number of aromatic nitrogens is 3. The van der Waals surface area contributed by atoms with Crippen molar-refractivity contribution in [3.63, 3.8) is 0 Å². The molecule has 2 heterocycles. The number of nitrogens with two attached hydrogens (primary N) is 1. The number of rotatable bonds is 2. The zero-order valence-corrected chi connectivity index (χ0v) is 10.1. The van der Waals surface area contributed by atoms with Crippen LogP contribution < -0.4 is 5.73 Å². The summed E-state index contributed by atoms with van der Waals surface area (Å²) in [6.45, 7) is 0. The van der Waals surface area contributed by atoms with Gasteiger partial charge >= 0.3 is 0 Å². The summed E-state index contributed by atoms with van der Waals surface area (Å²) >= 11 is 1.42. The maximum absolute atomic E-state index is 13.7. The van der Waals surface area contributed by atoms with Crippen molar-refractivity contribution >= 4 is 17.2 Å². The van der Waals surface area contributed by atoms with Crippen LogP contribution in [0.5, 0.6) is 0 Å². The first kappa shape index (κ1) is 10.9. The van der Waals surface area contributed by atoms with Crippen LogP contribution in [0.25, 0.3) is 16.4 Å². The molecule has 2 N–H and O–H groups in total. The zero-order chi connectivity index (χ0) is 12.5. The van der Waals surface area contributed by atoms with Gasteiger partial charge in [-0.1, -0.05) is 12.1 Å². The average Bonchev–Trinajstić information content (AvgIpc) is 2.98. The van der Waals surface area contributed by atoms with Crippen molar-refractivity contribution in [2.75, 3.05) is 5.73 Å². The Bertz CT molecular complexity index is 675. The Hall–Kier alpha value is -2.21. The molecule has 0 aliphatic carbocycles. The highest BCUT2D eigenvalue weighted by molar-refractivity contribution is 7.12. The van der Waals surface area contributed by atoms with Crippen LogP contribution >= 0.6 is 11.3 Å². The number of thiazole rings is 1. The van der Waals surface area contributed by atoms with E-state index in [1.165, 1.54) is 22.1 Å². The van der Waals surface area contributed by atoms with Gasteiger partial charge in [0.15, 0.2) is 0 Å². The molecule has 0 spiro atoms. The lowest BCUT2D eigenvalue weighted by Gasteiger charge is -1.98. The van der Waals surface area contributed by atoms with Crippen molar-refractivity contribution in [3.8, 4) is 16.4 Å². The summed E-state index contributed by atoms with van der Waals surface area (Å²) in [5.74, 6) is 0.115. The van der Waals surface area contributed by atoms with Crippen LogP contribution in [0.4, 0.5) is 10.2 Å². The predicted octanol–water partition coefficient (Wildman–Crippen LogP) is 2.72. The van der Waals surface area contributed by atoms with Crippen LogP contribution in [0.1, 0.15) is 0 Å². The maximum atomic E-state index is 13.7. The molecular formula is C12H9FN4S. The van der Waals surface area contributed by atoms with E-state index in [-0.39, 0.29) is 5.82 Å². The Morgan fingerprint density at radius 2 is 2.11 bits per heavy atom. The highest BCUT2D eigenvalue weighted by Gasteiger charge is 2.12. The highest BCUT2D eigenvalue weighted by atomic mass is 32.1. The molecule has 2 aromatic heterocycles. The molecular weight excluding hydrogens is 251 g/mol. The number of nitrogens with zero attached hydrogens (tertiary/aromatic N) is 3. The number of hydrogen-bond donors (Lipinski definition) is 1. The van der Waals surface area contributed by atoms with Crippen molar-refractivity contribution in [1.29, 1.82) is 0 Å². The molecule has 0 unspecified atom stereocenters. The van der Waals surface area contributed by atoms with Crippen LogP contribution in [0, 0.1) is 5.82 Å². The molecule has 0 saturated heterocycles. The highest BCUT2D eigenvalue weighted by Crippen LogP contribution is 2.25. The van der Waals surface area contributed by atoms with E-state index >= 15 is 0 Å². The van der Waals surface area contributed by atoms with E-state index < -0.39 is 0 Å². The third kappa shape index (κ3) is 1.76. The molecule has 90 valence electrons. The molecule has 0 saturated carbocycles. The van der Waals surface area contributed by atoms with Crippen molar-refractivity contribution in [3.05, 3.63) is 47.7 Å². The van der Waals surface area contributed by atoms with E-state index in [2.05, 4.69) is 10.1 Å². The van der Waals surface area contributed by atoms with Gasteiger partial charge in [0.1, 0.15) is 11.6 Å². The van der Waals surface area contributed by atoms with Gasteiger partial charge in [-0.15, -0.1) is 11.3 Å². The van der Waals surface area contributed by atoms with Crippen molar-refractivity contribution < 1.29 is 4.39 Å². The quantitative estimate of drug-likeness (QED) is 0.770. The number of benzene rings is 1. The number of hydrogen-bond acceptors (Lipinski definition) is 4. The maximum Gasteiger partial charge on any atom is 0.212 e. The van der Waals surface area contributed by atoms with Crippen molar-refractivity contribution in [2.24, 2.45) is 0 Å². The smallest absolute Gasteiger partial charge is 0.212 e. The summed E-state index contributed by atoms with van der Waals surface area (Å²) in [6.07, 6.45) is 1.67. The van der Waals surface area contributed by atoms with Gasteiger partial charge in [0, 0.05) is 23.2 Å². The molecule has 0 bridgehead atoms. The van der Waals surface area contributed by atoms with E-state index in [4.69, 9.17) is 5.73 Å². The fraction of sp³-hybridized carbons (Fsp3) is 0. The van der Waals surface area contributed by atoms with E-state index in [1.807, 2.05) is 5.38 Å². The monoisotopic (exact) mass is 260 g/mol. The van der Waals surface area contributed by atoms with Gasteiger partial charge in [0.05, 0.1) is 5.69 Å². The van der Waals surface area contributed by atoms with Crippen LogP contribution in [-0.2, 0) is 0 Å². The van der Waals surface area contributed by atoms with Gasteiger partial charge in [-0.3, -0.25) is 0 Å². The third-order valence-corrected chi connectivity index (χ3v) is 3.23. The molecule has 3 rings (SSSR count). The normalized spacial score (nSPS) is 10.7. The Balaban J connectivity index is 2.11. The van der Waals surface area contributed by atoms with Crippen LogP contribution in [-0.4, -0.2) is 14.8 Å². The molecule has 18 heavy (non-hydrogen) atoms. The molecule has 6 heteroatoms. The lowest BCUT2D eigenvalue weighted by atomic mass is 10.1. The zero-order valence-electron chi connectivity index (χ0n) is 9.25. The SMILES string of the molecule is Nc1cc(-c2ccccc2F)nn1-c1nccs1. The Morgan fingerprint density at radius 3 is 2.83 bits per heavy atom. The molecule has 0 aliphatic rings. The summed E-state index contributed by atoms with van der Waals surface area (Å²) in [5, 5.41) is 6.78. The number of halogens is 1. The first-order valence-electron chi connectivity index (χ1n) is 5.26. The second kappa shape index (κ2) is 4.23. The van der Waals surface area contributed by atoms with Gasteiger partial charge in [-0.25, -0.2) is 9.37 Å². The van der Waals surface area contributed by atoms with Gasteiger partial charge < -0.3 is 5.73 Å². The molecule has 4 nitrogen and oxygen atoms in total. The lowest BCUT2D eigenvalue weighted by molar-refractivity contribution is 0.630. The molecule has 0 atom stereocenters. The minimum Gasteiger partial charge on any atom is -0.383 e. The standard InChI is InChI=1S/C12H9FN4S/c13-9-4-2-1-3-8(9)10-7-11(14)17(16-10)12-15-5-6-18-12/h1-7H,14H2. The first-order chi connectivity index (χ1) is 8.75. The van der Waals surface area contributed by atoms with E-state index in [9.17, 15) is 4.39 Å². The fourth-order valence-electron chi connectivity index (χ4n) is 1.67. The second-order valence-electron chi connectivity index (χ2n) is 3.66. The summed E-state index contributed by atoms with van der Waals surface area (Å²) in [5.41, 5.74) is 6.80. The fourth-order valence-corrected chi connectivity index (χ4v) is 2.28. The Morgan fingerprint density at radius 1 is 1.28 bits per heavy atom. The average molecular weight is 260 g/mol. The van der Waals surface area contributed by atoms with E-state index in [0.29, 0.717) is 22.2 Å².